The van der Waals surface area contributed by atoms with Gasteiger partial charge in [-0.15, -0.1) is 0 Å². The van der Waals surface area contributed by atoms with Crippen molar-refractivity contribution >= 4 is 21.4 Å². The Balaban J connectivity index is 3.09. The first-order chi connectivity index (χ1) is 8.96. The highest BCUT2D eigenvalue weighted by molar-refractivity contribution is 7.89. The molecule has 3 N–H and O–H groups in total. The fourth-order valence-corrected chi connectivity index (χ4v) is 2.58. The van der Waals surface area contributed by atoms with Crippen LogP contribution in [0.4, 0.5) is 11.4 Å². The Labute approximate surface area is 113 Å². The smallest absolute Gasteiger partial charge is 0.242 e. The third-order valence-electron chi connectivity index (χ3n) is 2.79. The molecule has 0 fully saturated rings. The molecule has 6 nitrogen and oxygen atoms in total. The second-order valence-electron chi connectivity index (χ2n) is 3.92. The van der Waals surface area contributed by atoms with Gasteiger partial charge in [0.1, 0.15) is 4.90 Å². The highest BCUT2D eigenvalue weighted by Crippen LogP contribution is 2.24. The molecule has 0 heterocycles. The third-order valence-corrected chi connectivity index (χ3v) is 4.28. The van der Waals surface area contributed by atoms with E-state index in [9.17, 15) is 8.42 Å². The third kappa shape index (κ3) is 3.59. The minimum atomic E-state index is -3.54. The molecule has 1 aromatic rings. The first-order valence-electron chi connectivity index (χ1n) is 5.91. The first kappa shape index (κ1) is 15.3. The van der Waals surface area contributed by atoms with E-state index in [1.165, 1.54) is 13.1 Å². The molecule has 1 rings (SSSR count). The monoisotopic (exact) mass is 282 g/mol. The van der Waals surface area contributed by atoms with Crippen molar-refractivity contribution < 1.29 is 8.42 Å². The zero-order chi connectivity index (χ0) is 14.5. The minimum Gasteiger partial charge on any atom is -0.398 e. The average molecular weight is 282 g/mol. The van der Waals surface area contributed by atoms with Crippen LogP contribution in [0.15, 0.2) is 23.1 Å². The van der Waals surface area contributed by atoms with Crippen molar-refractivity contribution in [1.29, 1.82) is 5.26 Å². The van der Waals surface area contributed by atoms with Crippen molar-refractivity contribution in [1.82, 2.24) is 4.72 Å². The summed E-state index contributed by atoms with van der Waals surface area (Å²) < 4.78 is 25.6. The fraction of sp³-hybridized carbons (Fsp3) is 0.417. The molecular weight excluding hydrogens is 264 g/mol. The molecule has 104 valence electrons. The maximum Gasteiger partial charge on any atom is 0.242 e. The molecule has 19 heavy (non-hydrogen) atoms. The zero-order valence-electron chi connectivity index (χ0n) is 11.0. The number of nitrogens with zero attached hydrogens (tertiary/aromatic N) is 2. The predicted octanol–water partition coefficient (Wildman–Crippen LogP) is 0.917. The van der Waals surface area contributed by atoms with Crippen molar-refractivity contribution in [3.05, 3.63) is 18.2 Å². The van der Waals surface area contributed by atoms with E-state index in [4.69, 9.17) is 11.0 Å². The van der Waals surface area contributed by atoms with Crippen LogP contribution in [0.5, 0.6) is 0 Å². The largest absolute Gasteiger partial charge is 0.398 e. The molecule has 0 aliphatic rings. The van der Waals surface area contributed by atoms with Gasteiger partial charge < -0.3 is 10.6 Å². The van der Waals surface area contributed by atoms with Crippen molar-refractivity contribution in [2.75, 3.05) is 30.8 Å². The summed E-state index contributed by atoms with van der Waals surface area (Å²) in [6, 6.07) is 6.87. The molecule has 0 saturated heterocycles. The van der Waals surface area contributed by atoms with Crippen LogP contribution in [0, 0.1) is 11.3 Å². The van der Waals surface area contributed by atoms with E-state index in [0.717, 1.165) is 12.2 Å². The highest BCUT2D eigenvalue weighted by Gasteiger charge is 2.16. The van der Waals surface area contributed by atoms with Gasteiger partial charge in [0, 0.05) is 18.8 Å². The number of nitrogen functional groups attached to an aromatic ring is 1. The predicted molar refractivity (Wildman–Crippen MR) is 75.2 cm³/mol. The number of hydrogen-bond donors (Lipinski definition) is 2. The SMILES string of the molecule is CCN(CCC#N)c1ccc(S(=O)(=O)NC)c(N)c1. The van der Waals surface area contributed by atoms with Crippen molar-refractivity contribution in [3.8, 4) is 6.07 Å². The van der Waals surface area contributed by atoms with Crippen LogP contribution in [0.3, 0.4) is 0 Å². The van der Waals surface area contributed by atoms with Gasteiger partial charge in [0.25, 0.3) is 0 Å². The molecule has 0 bridgehead atoms. The van der Waals surface area contributed by atoms with E-state index < -0.39 is 10.0 Å². The molecule has 0 spiro atoms. The van der Waals surface area contributed by atoms with E-state index in [1.54, 1.807) is 12.1 Å². The maximum absolute atomic E-state index is 11.7. The van der Waals surface area contributed by atoms with Gasteiger partial charge in [-0.25, -0.2) is 13.1 Å². The van der Waals surface area contributed by atoms with Crippen LogP contribution in [0.2, 0.25) is 0 Å². The van der Waals surface area contributed by atoms with E-state index in [0.29, 0.717) is 13.0 Å². The molecule has 1 aromatic carbocycles. The number of benzene rings is 1. The topological polar surface area (TPSA) is 99.2 Å². The van der Waals surface area contributed by atoms with Gasteiger partial charge in [0.2, 0.25) is 10.0 Å². The van der Waals surface area contributed by atoms with Gasteiger partial charge in [-0.1, -0.05) is 0 Å². The average Bonchev–Trinajstić information content (AvgIpc) is 2.39. The summed E-state index contributed by atoms with van der Waals surface area (Å²) in [7, 11) is -2.20. The van der Waals surface area contributed by atoms with Crippen molar-refractivity contribution in [2.24, 2.45) is 0 Å². The Morgan fingerprint density at radius 3 is 2.63 bits per heavy atom. The summed E-state index contributed by atoms with van der Waals surface area (Å²) >= 11 is 0. The Kier molecular flexibility index (Phi) is 5.15. The Morgan fingerprint density at radius 2 is 2.16 bits per heavy atom. The number of nitriles is 1. The number of nitrogens with two attached hydrogens (primary N) is 1. The van der Waals surface area contributed by atoms with Crippen molar-refractivity contribution in [3.63, 3.8) is 0 Å². The second-order valence-corrected chi connectivity index (χ2v) is 5.77. The number of sulfonamides is 1. The van der Waals surface area contributed by atoms with Crippen LogP contribution in [-0.4, -0.2) is 28.6 Å². The summed E-state index contributed by atoms with van der Waals surface area (Å²) in [6.45, 7) is 3.27. The fourth-order valence-electron chi connectivity index (χ4n) is 1.74. The minimum absolute atomic E-state index is 0.0649. The molecule has 0 saturated carbocycles. The van der Waals surface area contributed by atoms with Crippen molar-refractivity contribution in [2.45, 2.75) is 18.2 Å². The van der Waals surface area contributed by atoms with Gasteiger partial charge in [0.15, 0.2) is 0 Å². The number of anilines is 2. The Hall–Kier alpha value is -1.78. The van der Waals surface area contributed by atoms with Gasteiger partial charge >= 0.3 is 0 Å². The molecule has 7 heteroatoms. The van der Waals surface area contributed by atoms with Crippen LogP contribution in [0.25, 0.3) is 0 Å². The number of nitrogens with one attached hydrogen (secondary N) is 1. The van der Waals surface area contributed by atoms with Gasteiger partial charge in [-0.2, -0.15) is 5.26 Å². The van der Waals surface area contributed by atoms with Crippen LogP contribution in [-0.2, 0) is 10.0 Å². The summed E-state index contributed by atoms with van der Waals surface area (Å²) in [5.74, 6) is 0. The molecular formula is C12H18N4O2S. The Bertz CT molecular complexity index is 578. The van der Waals surface area contributed by atoms with Crippen LogP contribution >= 0.6 is 0 Å². The summed E-state index contributed by atoms with van der Waals surface area (Å²) in [6.07, 6.45) is 0.407. The standard InChI is InChI=1S/C12H18N4O2S/c1-3-16(8-4-7-13)10-5-6-12(11(14)9-10)19(17,18)15-2/h5-6,9,15H,3-4,8,14H2,1-2H3. The second kappa shape index (κ2) is 6.41. The summed E-state index contributed by atoms with van der Waals surface area (Å²) in [5, 5.41) is 8.61. The molecule has 0 unspecified atom stereocenters. The first-order valence-corrected chi connectivity index (χ1v) is 7.39. The maximum atomic E-state index is 11.7. The lowest BCUT2D eigenvalue weighted by Gasteiger charge is -2.22. The number of hydrogen-bond acceptors (Lipinski definition) is 5. The molecule has 0 radical (unpaired) electrons. The number of rotatable bonds is 6. The molecule has 0 aliphatic carbocycles. The normalized spacial score (nSPS) is 11.0. The molecule has 0 aliphatic heterocycles. The van der Waals surface area contributed by atoms with E-state index in [-0.39, 0.29) is 10.6 Å². The van der Waals surface area contributed by atoms with Gasteiger partial charge in [-0.3, -0.25) is 0 Å². The van der Waals surface area contributed by atoms with Crippen LogP contribution < -0.4 is 15.4 Å². The highest BCUT2D eigenvalue weighted by atomic mass is 32.2. The zero-order valence-corrected chi connectivity index (χ0v) is 11.9. The van der Waals surface area contributed by atoms with E-state index in [1.807, 2.05) is 11.8 Å². The molecule has 0 amide bonds. The van der Waals surface area contributed by atoms with E-state index in [2.05, 4.69) is 10.8 Å². The quantitative estimate of drug-likeness (QED) is 0.756. The summed E-state index contributed by atoms with van der Waals surface area (Å²) in [4.78, 5) is 2.03. The van der Waals surface area contributed by atoms with Crippen LogP contribution in [0.1, 0.15) is 13.3 Å². The molecule has 0 aromatic heterocycles. The van der Waals surface area contributed by atoms with Gasteiger partial charge in [-0.05, 0) is 32.2 Å². The lowest BCUT2D eigenvalue weighted by molar-refractivity contribution is 0.588. The Morgan fingerprint density at radius 1 is 1.47 bits per heavy atom. The lowest BCUT2D eigenvalue weighted by Crippen LogP contribution is -2.24. The lowest BCUT2D eigenvalue weighted by atomic mass is 10.2. The molecule has 0 atom stereocenters. The summed E-state index contributed by atoms with van der Waals surface area (Å²) in [5.41, 5.74) is 6.80. The van der Waals surface area contributed by atoms with Gasteiger partial charge in [0.05, 0.1) is 18.2 Å². The van der Waals surface area contributed by atoms with E-state index >= 15 is 0 Å².